The molecule has 1 saturated carbocycles. The Labute approximate surface area is 146 Å². The summed E-state index contributed by atoms with van der Waals surface area (Å²) in [6, 6.07) is 0.715. The summed E-state index contributed by atoms with van der Waals surface area (Å²) in [6.45, 7) is 5.76. The number of aliphatic hydroxyl groups excluding tert-OH is 1. The van der Waals surface area contributed by atoms with Crippen LogP contribution in [0.4, 0.5) is 4.79 Å². The quantitative estimate of drug-likeness (QED) is 0.760. The van der Waals surface area contributed by atoms with Crippen LogP contribution >= 0.6 is 0 Å². The molecule has 1 saturated heterocycles. The molecule has 1 aromatic heterocycles. The van der Waals surface area contributed by atoms with Gasteiger partial charge in [-0.2, -0.15) is 0 Å². The lowest BCUT2D eigenvalue weighted by molar-refractivity contribution is 0.0805. The SMILES string of the molecule is CC(C)(C)[C@H]1C(NC(=O)c2cc(C3CC3)on2)C(CO)CN1C(=O)O. The molecule has 8 heteroatoms. The molecule has 1 aliphatic carbocycles. The fourth-order valence-electron chi connectivity index (χ4n) is 3.68. The third kappa shape index (κ3) is 3.49. The maximum Gasteiger partial charge on any atom is 0.407 e. The van der Waals surface area contributed by atoms with Crippen LogP contribution in [0.2, 0.25) is 0 Å². The van der Waals surface area contributed by atoms with Crippen molar-refractivity contribution in [3.63, 3.8) is 0 Å². The number of nitrogens with one attached hydrogen (secondary N) is 1. The molecule has 1 aromatic rings. The molecule has 0 radical (unpaired) electrons. The van der Waals surface area contributed by atoms with Crippen LogP contribution in [0.1, 0.15) is 55.8 Å². The Morgan fingerprint density at radius 1 is 1.40 bits per heavy atom. The number of nitrogens with zero attached hydrogens (tertiary/aromatic N) is 2. The Balaban J connectivity index is 1.80. The van der Waals surface area contributed by atoms with Crippen molar-refractivity contribution in [1.82, 2.24) is 15.4 Å². The summed E-state index contributed by atoms with van der Waals surface area (Å²) < 4.78 is 5.22. The predicted octanol–water partition coefficient (Wildman–Crippen LogP) is 1.67. The van der Waals surface area contributed by atoms with Crippen molar-refractivity contribution in [2.45, 2.75) is 51.6 Å². The molecule has 3 N–H and O–H groups in total. The molecule has 2 amide bonds. The Morgan fingerprint density at radius 3 is 2.60 bits per heavy atom. The van der Waals surface area contributed by atoms with E-state index in [9.17, 15) is 19.8 Å². The molecule has 2 heterocycles. The van der Waals surface area contributed by atoms with Gasteiger partial charge in [0.15, 0.2) is 5.69 Å². The average Bonchev–Trinajstić information content (AvgIpc) is 3.12. The number of hydrogen-bond donors (Lipinski definition) is 3. The summed E-state index contributed by atoms with van der Waals surface area (Å²) in [5.74, 6) is 0.310. The molecule has 8 nitrogen and oxygen atoms in total. The van der Waals surface area contributed by atoms with E-state index in [1.54, 1.807) is 6.07 Å². The Kier molecular flexibility index (Phi) is 4.49. The highest BCUT2D eigenvalue weighted by molar-refractivity contribution is 5.92. The van der Waals surface area contributed by atoms with Gasteiger partial charge < -0.3 is 25.0 Å². The summed E-state index contributed by atoms with van der Waals surface area (Å²) in [7, 11) is 0. The van der Waals surface area contributed by atoms with E-state index in [2.05, 4.69) is 10.5 Å². The van der Waals surface area contributed by atoms with Crippen molar-refractivity contribution in [3.05, 3.63) is 17.5 Å². The fourth-order valence-corrected chi connectivity index (χ4v) is 3.68. The molecule has 3 atom stereocenters. The fraction of sp³-hybridized carbons (Fsp3) is 0.706. The van der Waals surface area contributed by atoms with Crippen LogP contribution < -0.4 is 5.32 Å². The van der Waals surface area contributed by atoms with Gasteiger partial charge in [0, 0.05) is 31.1 Å². The number of carboxylic acid groups (broad SMARTS) is 1. The lowest BCUT2D eigenvalue weighted by atomic mass is 9.80. The molecule has 2 fully saturated rings. The first-order valence-electron chi connectivity index (χ1n) is 8.60. The van der Waals surface area contributed by atoms with E-state index in [4.69, 9.17) is 4.52 Å². The van der Waals surface area contributed by atoms with Crippen LogP contribution in [0.3, 0.4) is 0 Å². The number of amides is 2. The van der Waals surface area contributed by atoms with E-state index in [0.717, 1.165) is 18.6 Å². The average molecular weight is 351 g/mol. The molecule has 138 valence electrons. The van der Waals surface area contributed by atoms with Crippen molar-refractivity contribution in [1.29, 1.82) is 0 Å². The van der Waals surface area contributed by atoms with Crippen molar-refractivity contribution >= 4 is 12.0 Å². The minimum Gasteiger partial charge on any atom is -0.465 e. The molecule has 0 spiro atoms. The van der Waals surface area contributed by atoms with Crippen LogP contribution in [0.25, 0.3) is 0 Å². The first kappa shape index (κ1) is 17.7. The predicted molar refractivity (Wildman–Crippen MR) is 88.3 cm³/mol. The number of carbonyl (C=O) groups is 2. The summed E-state index contributed by atoms with van der Waals surface area (Å²) in [5, 5.41) is 25.9. The highest BCUT2D eigenvalue weighted by Crippen LogP contribution is 2.40. The van der Waals surface area contributed by atoms with Crippen LogP contribution in [0.5, 0.6) is 0 Å². The van der Waals surface area contributed by atoms with Gasteiger partial charge in [0.05, 0.1) is 12.1 Å². The standard InChI is InChI=1S/C17H25N3O5/c1-17(2,3)14-13(10(8-21)7-20(14)16(23)24)18-15(22)11-6-12(25-19-11)9-4-5-9/h6,9-10,13-14,21H,4-5,7-8H2,1-3H3,(H,18,22)(H,23,24)/t10?,13?,14-/m1/s1. The second-order valence-electron chi connectivity index (χ2n) is 8.08. The molecule has 25 heavy (non-hydrogen) atoms. The van der Waals surface area contributed by atoms with Gasteiger partial charge in [0.25, 0.3) is 5.91 Å². The van der Waals surface area contributed by atoms with E-state index in [1.807, 2.05) is 20.8 Å². The summed E-state index contributed by atoms with van der Waals surface area (Å²) in [4.78, 5) is 25.5. The lowest BCUT2D eigenvalue weighted by Gasteiger charge is -2.37. The van der Waals surface area contributed by atoms with Gasteiger partial charge in [0.1, 0.15) is 5.76 Å². The number of likely N-dealkylation sites (tertiary alicyclic amines) is 1. The highest BCUT2D eigenvalue weighted by atomic mass is 16.5. The Hall–Kier alpha value is -2.09. The van der Waals surface area contributed by atoms with Crippen LogP contribution in [0, 0.1) is 11.3 Å². The lowest BCUT2D eigenvalue weighted by Crippen LogP contribution is -2.54. The minimum atomic E-state index is -1.05. The zero-order valence-corrected chi connectivity index (χ0v) is 14.7. The minimum absolute atomic E-state index is 0.185. The molecular formula is C17H25N3O5. The smallest absolute Gasteiger partial charge is 0.407 e. The second-order valence-corrected chi connectivity index (χ2v) is 8.08. The van der Waals surface area contributed by atoms with E-state index in [0.29, 0.717) is 5.92 Å². The summed E-state index contributed by atoms with van der Waals surface area (Å²) in [5.41, 5.74) is -0.205. The van der Waals surface area contributed by atoms with Gasteiger partial charge in [0.2, 0.25) is 0 Å². The monoisotopic (exact) mass is 351 g/mol. The number of aliphatic hydroxyl groups is 1. The van der Waals surface area contributed by atoms with Crippen molar-refractivity contribution in [3.8, 4) is 0 Å². The maximum atomic E-state index is 12.6. The Bertz CT molecular complexity index is 661. The third-order valence-corrected chi connectivity index (χ3v) is 5.02. The summed E-state index contributed by atoms with van der Waals surface area (Å²) in [6.07, 6.45) is 1.04. The number of rotatable bonds is 4. The highest BCUT2D eigenvalue weighted by Gasteiger charge is 2.49. The first-order chi connectivity index (χ1) is 11.7. The van der Waals surface area contributed by atoms with E-state index >= 15 is 0 Å². The molecular weight excluding hydrogens is 326 g/mol. The first-order valence-corrected chi connectivity index (χ1v) is 8.60. The topological polar surface area (TPSA) is 116 Å². The van der Waals surface area contributed by atoms with E-state index < -0.39 is 29.5 Å². The zero-order valence-electron chi connectivity index (χ0n) is 14.7. The van der Waals surface area contributed by atoms with Gasteiger partial charge in [-0.05, 0) is 18.3 Å². The van der Waals surface area contributed by atoms with Gasteiger partial charge in [-0.1, -0.05) is 25.9 Å². The summed E-state index contributed by atoms with van der Waals surface area (Å²) >= 11 is 0. The molecule has 2 aliphatic rings. The molecule has 0 aromatic carbocycles. The number of carbonyl (C=O) groups excluding carboxylic acids is 1. The van der Waals surface area contributed by atoms with Crippen LogP contribution in [0.15, 0.2) is 10.6 Å². The normalized spacial score (nSPS) is 26.7. The van der Waals surface area contributed by atoms with Crippen molar-refractivity contribution in [2.24, 2.45) is 11.3 Å². The molecule has 1 aliphatic heterocycles. The van der Waals surface area contributed by atoms with Gasteiger partial charge in [-0.15, -0.1) is 0 Å². The van der Waals surface area contributed by atoms with Crippen LogP contribution in [-0.2, 0) is 0 Å². The molecule has 0 bridgehead atoms. The largest absolute Gasteiger partial charge is 0.465 e. The second kappa shape index (κ2) is 6.33. The molecule has 2 unspecified atom stereocenters. The van der Waals surface area contributed by atoms with Crippen LogP contribution in [-0.4, -0.2) is 57.5 Å². The van der Waals surface area contributed by atoms with E-state index in [-0.39, 0.29) is 24.8 Å². The van der Waals surface area contributed by atoms with Gasteiger partial charge in [-0.3, -0.25) is 4.79 Å². The third-order valence-electron chi connectivity index (χ3n) is 5.02. The van der Waals surface area contributed by atoms with E-state index in [1.165, 1.54) is 4.90 Å². The molecule has 3 rings (SSSR count). The number of hydrogen-bond acceptors (Lipinski definition) is 5. The Morgan fingerprint density at radius 2 is 2.08 bits per heavy atom. The van der Waals surface area contributed by atoms with Crippen molar-refractivity contribution in [2.75, 3.05) is 13.2 Å². The van der Waals surface area contributed by atoms with Gasteiger partial charge >= 0.3 is 6.09 Å². The van der Waals surface area contributed by atoms with Gasteiger partial charge in [-0.25, -0.2) is 4.79 Å². The van der Waals surface area contributed by atoms with Crippen molar-refractivity contribution < 1.29 is 24.3 Å². The number of aromatic nitrogens is 1. The zero-order chi connectivity index (χ0) is 18.4. The maximum absolute atomic E-state index is 12.6.